The smallest absolute Gasteiger partial charge is 0.119 e. The number of rotatable bonds is 3. The molecule has 0 aromatic rings. The molecule has 0 amide bonds. The number of allylic oxidation sites excluding steroid dienone is 1. The lowest BCUT2D eigenvalue weighted by Crippen LogP contribution is -2.35. The first-order valence-electron chi connectivity index (χ1n) is 4.37. The molecule has 70 valence electrons. The summed E-state index contributed by atoms with van der Waals surface area (Å²) in [7, 11) is 2.75. The van der Waals surface area contributed by atoms with Crippen LogP contribution in [0.2, 0.25) is 0 Å². The molecule has 0 aromatic carbocycles. The van der Waals surface area contributed by atoms with Gasteiger partial charge in [-0.3, -0.25) is 4.67 Å². The summed E-state index contributed by atoms with van der Waals surface area (Å²) in [5.41, 5.74) is -0.115. The summed E-state index contributed by atoms with van der Waals surface area (Å²) in [6.07, 6.45) is 4.16. The van der Waals surface area contributed by atoms with E-state index in [0.717, 1.165) is 19.4 Å². The van der Waals surface area contributed by atoms with Gasteiger partial charge in [0, 0.05) is 6.04 Å². The van der Waals surface area contributed by atoms with Gasteiger partial charge in [0.15, 0.2) is 0 Å². The van der Waals surface area contributed by atoms with Crippen LogP contribution in [0.25, 0.3) is 0 Å². The van der Waals surface area contributed by atoms with Crippen molar-refractivity contribution in [2.24, 2.45) is 0 Å². The molecule has 3 heteroatoms. The molecule has 1 saturated heterocycles. The van der Waals surface area contributed by atoms with Crippen molar-refractivity contribution in [1.82, 2.24) is 4.67 Å². The Morgan fingerprint density at radius 1 is 1.75 bits per heavy atom. The van der Waals surface area contributed by atoms with Crippen LogP contribution in [0.4, 0.5) is 0 Å². The molecule has 1 fully saturated rings. The zero-order valence-corrected chi connectivity index (χ0v) is 9.07. The predicted octanol–water partition coefficient (Wildman–Crippen LogP) is 2.18. The highest BCUT2D eigenvalue weighted by atomic mass is 31.0. The van der Waals surface area contributed by atoms with E-state index in [1.54, 1.807) is 0 Å². The molecule has 0 N–H and O–H groups in total. The fourth-order valence-electron chi connectivity index (χ4n) is 1.43. The van der Waals surface area contributed by atoms with E-state index in [1.165, 1.54) is 0 Å². The normalized spacial score (nSPS) is 29.1. The zero-order chi connectivity index (χ0) is 9.19. The number of ether oxygens (including phenoxy) is 1. The Labute approximate surface area is 77.2 Å². The highest BCUT2D eigenvalue weighted by molar-refractivity contribution is 7.13. The van der Waals surface area contributed by atoms with Crippen LogP contribution in [-0.2, 0) is 4.74 Å². The van der Waals surface area contributed by atoms with Gasteiger partial charge < -0.3 is 4.74 Å². The first-order chi connectivity index (χ1) is 5.58. The van der Waals surface area contributed by atoms with Gasteiger partial charge in [0.2, 0.25) is 0 Å². The van der Waals surface area contributed by atoms with E-state index in [-0.39, 0.29) is 5.72 Å². The Morgan fingerprint density at radius 2 is 2.42 bits per heavy atom. The topological polar surface area (TPSA) is 12.5 Å². The second-order valence-corrected chi connectivity index (χ2v) is 4.24. The van der Waals surface area contributed by atoms with Gasteiger partial charge in [0.25, 0.3) is 0 Å². The largest absolute Gasteiger partial charge is 0.359 e. The molecule has 2 nitrogen and oxygen atoms in total. The zero-order valence-electron chi connectivity index (χ0n) is 7.92. The monoisotopic (exact) mass is 187 g/mol. The molecule has 0 aromatic heterocycles. The van der Waals surface area contributed by atoms with E-state index in [1.807, 2.05) is 6.08 Å². The molecule has 0 saturated carbocycles. The maximum atomic E-state index is 5.63. The van der Waals surface area contributed by atoms with Crippen LogP contribution >= 0.6 is 9.39 Å². The van der Waals surface area contributed by atoms with Gasteiger partial charge in [-0.15, -0.1) is 6.58 Å². The summed E-state index contributed by atoms with van der Waals surface area (Å²) < 4.78 is 7.85. The van der Waals surface area contributed by atoms with Gasteiger partial charge in [0.05, 0.1) is 6.61 Å². The minimum Gasteiger partial charge on any atom is -0.359 e. The first kappa shape index (κ1) is 10.2. The molecule has 0 radical (unpaired) electrons. The van der Waals surface area contributed by atoms with Crippen LogP contribution in [-0.4, -0.2) is 23.0 Å². The molecular weight excluding hydrogens is 169 g/mol. The number of nitrogens with zero attached hydrogens (tertiary/aromatic N) is 1. The molecule has 1 heterocycles. The van der Waals surface area contributed by atoms with Gasteiger partial charge in [-0.25, -0.2) is 0 Å². The van der Waals surface area contributed by atoms with E-state index in [2.05, 4.69) is 34.5 Å². The highest BCUT2D eigenvalue weighted by Gasteiger charge is 2.37. The Balaban J connectivity index is 2.43. The lowest BCUT2D eigenvalue weighted by atomic mass is 10.1. The second kappa shape index (κ2) is 3.87. The van der Waals surface area contributed by atoms with Crippen LogP contribution in [0.15, 0.2) is 12.7 Å². The highest BCUT2D eigenvalue weighted by Crippen LogP contribution is 2.32. The Hall–Kier alpha value is 0.0900. The third-order valence-corrected chi connectivity index (χ3v) is 3.39. The molecule has 1 aliphatic rings. The molecule has 1 unspecified atom stereocenters. The lowest BCUT2D eigenvalue weighted by Gasteiger charge is -2.28. The maximum Gasteiger partial charge on any atom is 0.119 e. The summed E-state index contributed by atoms with van der Waals surface area (Å²) >= 11 is 0. The number of hydrogen-bond donors (Lipinski definition) is 0. The van der Waals surface area contributed by atoms with Crippen molar-refractivity contribution in [3.63, 3.8) is 0 Å². The van der Waals surface area contributed by atoms with Crippen molar-refractivity contribution < 1.29 is 4.74 Å². The van der Waals surface area contributed by atoms with Gasteiger partial charge >= 0.3 is 0 Å². The van der Waals surface area contributed by atoms with Gasteiger partial charge in [0.1, 0.15) is 5.72 Å². The van der Waals surface area contributed by atoms with Gasteiger partial charge in [-0.05, 0) is 26.7 Å². The Bertz CT molecular complexity index is 170. The fraction of sp³-hybridized carbons (Fsp3) is 0.778. The van der Waals surface area contributed by atoms with Crippen LogP contribution in [0, 0.1) is 0 Å². The SMILES string of the molecule is C=CCC[C@H]1COC(C)(C)N1P. The molecule has 0 aliphatic carbocycles. The third kappa shape index (κ3) is 2.07. The Morgan fingerprint density at radius 3 is 2.83 bits per heavy atom. The molecule has 2 atom stereocenters. The fourth-order valence-corrected chi connectivity index (χ4v) is 1.74. The minimum absolute atomic E-state index is 0.115. The van der Waals surface area contributed by atoms with Crippen molar-refractivity contribution >= 4 is 9.39 Å². The lowest BCUT2D eigenvalue weighted by molar-refractivity contribution is -0.0124. The average Bonchev–Trinajstić information content (AvgIpc) is 2.26. The second-order valence-electron chi connectivity index (χ2n) is 3.68. The van der Waals surface area contributed by atoms with E-state index >= 15 is 0 Å². The molecule has 12 heavy (non-hydrogen) atoms. The van der Waals surface area contributed by atoms with E-state index in [0.29, 0.717) is 6.04 Å². The van der Waals surface area contributed by atoms with E-state index < -0.39 is 0 Å². The number of hydrogen-bond acceptors (Lipinski definition) is 2. The van der Waals surface area contributed by atoms with Gasteiger partial charge in [-0.1, -0.05) is 15.5 Å². The van der Waals surface area contributed by atoms with Gasteiger partial charge in [-0.2, -0.15) is 0 Å². The van der Waals surface area contributed by atoms with Crippen molar-refractivity contribution in [3.05, 3.63) is 12.7 Å². The Kier molecular flexibility index (Phi) is 3.28. The van der Waals surface area contributed by atoms with Crippen molar-refractivity contribution in [2.75, 3.05) is 6.61 Å². The first-order valence-corrected chi connectivity index (χ1v) is 4.88. The van der Waals surface area contributed by atoms with E-state index in [4.69, 9.17) is 4.74 Å². The summed E-state index contributed by atoms with van der Waals surface area (Å²) in [5.74, 6) is 0. The molecule has 0 spiro atoms. The average molecular weight is 187 g/mol. The van der Waals surface area contributed by atoms with Crippen molar-refractivity contribution in [3.8, 4) is 0 Å². The third-order valence-electron chi connectivity index (χ3n) is 2.35. The molecular formula is C9H18NOP. The van der Waals surface area contributed by atoms with Crippen molar-refractivity contribution in [2.45, 2.75) is 38.5 Å². The predicted molar refractivity (Wildman–Crippen MR) is 54.8 cm³/mol. The summed E-state index contributed by atoms with van der Waals surface area (Å²) in [6.45, 7) is 8.74. The molecule has 0 bridgehead atoms. The van der Waals surface area contributed by atoms with Crippen LogP contribution < -0.4 is 0 Å². The maximum absolute atomic E-state index is 5.63. The van der Waals surface area contributed by atoms with Crippen LogP contribution in [0.3, 0.4) is 0 Å². The molecule has 1 aliphatic heterocycles. The summed E-state index contributed by atoms with van der Waals surface area (Å²) in [5, 5.41) is 0. The van der Waals surface area contributed by atoms with E-state index in [9.17, 15) is 0 Å². The van der Waals surface area contributed by atoms with Crippen LogP contribution in [0.1, 0.15) is 26.7 Å². The minimum atomic E-state index is -0.115. The summed E-state index contributed by atoms with van der Waals surface area (Å²) in [4.78, 5) is 0. The quantitative estimate of drug-likeness (QED) is 0.496. The van der Waals surface area contributed by atoms with Crippen LogP contribution in [0.5, 0.6) is 0 Å². The van der Waals surface area contributed by atoms with Crippen molar-refractivity contribution in [1.29, 1.82) is 0 Å². The standard InChI is InChI=1S/C9H18NOP/c1-4-5-6-8-7-11-9(2,3)10(8)12/h4,8H,1,5-7,12H2,2-3H3/t8-/m0/s1. The summed E-state index contributed by atoms with van der Waals surface area (Å²) in [6, 6.07) is 0.531. The molecule has 1 rings (SSSR count).